The highest BCUT2D eigenvalue weighted by Crippen LogP contribution is 2.31. The smallest absolute Gasteiger partial charge is 0.225 e. The lowest BCUT2D eigenvalue weighted by molar-refractivity contribution is -0.137. The van der Waals surface area contributed by atoms with Gasteiger partial charge in [0.15, 0.2) is 0 Å². The van der Waals surface area contributed by atoms with Gasteiger partial charge in [-0.05, 0) is 11.8 Å². The van der Waals surface area contributed by atoms with Crippen molar-refractivity contribution < 1.29 is 9.59 Å². The molecule has 0 N–H and O–H groups in total. The first-order valence-electron chi connectivity index (χ1n) is 5.98. The Labute approximate surface area is 105 Å². The van der Waals surface area contributed by atoms with E-state index in [1.54, 1.807) is 38.0 Å². The highest BCUT2D eigenvalue weighted by molar-refractivity contribution is 5.80. The van der Waals surface area contributed by atoms with Gasteiger partial charge in [-0.25, -0.2) is 0 Å². The normalized spacial score (nSPS) is 13.1. The molecular formula is C13H26N2O2. The second-order valence-electron chi connectivity index (χ2n) is 5.98. The topological polar surface area (TPSA) is 40.6 Å². The van der Waals surface area contributed by atoms with Crippen molar-refractivity contribution in [2.75, 3.05) is 28.2 Å². The lowest BCUT2D eigenvalue weighted by atomic mass is 9.77. The first-order chi connectivity index (χ1) is 7.57. The SMILES string of the molecule is CN(C)C(=O)CCC(C(=O)N(C)C)C(C)(C)C. The first-order valence-corrected chi connectivity index (χ1v) is 5.98. The van der Waals surface area contributed by atoms with Crippen LogP contribution in [0.4, 0.5) is 0 Å². The summed E-state index contributed by atoms with van der Waals surface area (Å²) in [6.07, 6.45) is 1.03. The van der Waals surface area contributed by atoms with Crippen molar-refractivity contribution in [2.45, 2.75) is 33.6 Å². The van der Waals surface area contributed by atoms with Gasteiger partial charge < -0.3 is 9.80 Å². The Morgan fingerprint density at radius 1 is 1.00 bits per heavy atom. The summed E-state index contributed by atoms with van der Waals surface area (Å²) in [5.41, 5.74) is -0.117. The van der Waals surface area contributed by atoms with Gasteiger partial charge in [-0.15, -0.1) is 0 Å². The summed E-state index contributed by atoms with van der Waals surface area (Å²) in [4.78, 5) is 26.8. The molecule has 0 rings (SSSR count). The van der Waals surface area contributed by atoms with Gasteiger partial charge >= 0.3 is 0 Å². The van der Waals surface area contributed by atoms with Crippen LogP contribution in [0, 0.1) is 11.3 Å². The van der Waals surface area contributed by atoms with E-state index >= 15 is 0 Å². The largest absolute Gasteiger partial charge is 0.349 e. The molecule has 100 valence electrons. The monoisotopic (exact) mass is 242 g/mol. The molecule has 17 heavy (non-hydrogen) atoms. The van der Waals surface area contributed by atoms with E-state index in [-0.39, 0.29) is 23.1 Å². The Kier molecular flexibility index (Phi) is 5.66. The number of amides is 2. The van der Waals surface area contributed by atoms with Gasteiger partial charge in [0.1, 0.15) is 0 Å². The zero-order valence-electron chi connectivity index (χ0n) is 12.2. The summed E-state index contributed by atoms with van der Waals surface area (Å²) in [5.74, 6) is 0.0660. The van der Waals surface area contributed by atoms with Crippen LogP contribution >= 0.6 is 0 Å². The molecule has 0 aromatic rings. The van der Waals surface area contributed by atoms with Gasteiger partial charge in [0.2, 0.25) is 11.8 Å². The van der Waals surface area contributed by atoms with Crippen molar-refractivity contribution in [3.8, 4) is 0 Å². The second kappa shape index (κ2) is 6.03. The fraction of sp³-hybridized carbons (Fsp3) is 0.846. The molecule has 0 saturated heterocycles. The van der Waals surface area contributed by atoms with Gasteiger partial charge in [0.25, 0.3) is 0 Å². The van der Waals surface area contributed by atoms with E-state index in [0.717, 1.165) is 0 Å². The number of hydrogen-bond acceptors (Lipinski definition) is 2. The number of carbonyl (C=O) groups is 2. The van der Waals surface area contributed by atoms with Gasteiger partial charge in [-0.1, -0.05) is 20.8 Å². The molecule has 4 heteroatoms. The first kappa shape index (κ1) is 15.9. The lowest BCUT2D eigenvalue weighted by Crippen LogP contribution is -2.38. The van der Waals surface area contributed by atoms with Crippen molar-refractivity contribution in [1.29, 1.82) is 0 Å². The average molecular weight is 242 g/mol. The number of carbonyl (C=O) groups excluding carboxylic acids is 2. The molecule has 0 radical (unpaired) electrons. The van der Waals surface area contributed by atoms with Gasteiger partial charge in [-0.3, -0.25) is 9.59 Å². The van der Waals surface area contributed by atoms with E-state index in [2.05, 4.69) is 0 Å². The molecule has 1 atom stereocenters. The zero-order chi connectivity index (χ0) is 13.8. The summed E-state index contributed by atoms with van der Waals surface area (Å²) in [6.45, 7) is 6.12. The molecule has 4 nitrogen and oxygen atoms in total. The van der Waals surface area contributed by atoms with Gasteiger partial charge in [0, 0.05) is 40.5 Å². The minimum Gasteiger partial charge on any atom is -0.349 e. The van der Waals surface area contributed by atoms with E-state index < -0.39 is 0 Å². The zero-order valence-corrected chi connectivity index (χ0v) is 12.2. The predicted molar refractivity (Wildman–Crippen MR) is 69.6 cm³/mol. The molecule has 0 aliphatic rings. The molecule has 0 fully saturated rings. The van der Waals surface area contributed by atoms with Crippen molar-refractivity contribution in [3.63, 3.8) is 0 Å². The van der Waals surface area contributed by atoms with E-state index in [4.69, 9.17) is 0 Å². The Morgan fingerprint density at radius 2 is 1.47 bits per heavy atom. The van der Waals surface area contributed by atoms with Crippen molar-refractivity contribution >= 4 is 11.8 Å². The lowest BCUT2D eigenvalue weighted by Gasteiger charge is -2.31. The quantitative estimate of drug-likeness (QED) is 0.751. The van der Waals surface area contributed by atoms with Crippen LogP contribution in [0.1, 0.15) is 33.6 Å². The fourth-order valence-corrected chi connectivity index (χ4v) is 1.73. The summed E-state index contributed by atoms with van der Waals surface area (Å²) in [6, 6.07) is 0. The molecule has 0 aliphatic carbocycles. The minimum absolute atomic E-state index is 0.0748. The van der Waals surface area contributed by atoms with Gasteiger partial charge in [0.05, 0.1) is 0 Å². The Morgan fingerprint density at radius 3 is 1.76 bits per heavy atom. The maximum Gasteiger partial charge on any atom is 0.225 e. The Balaban J connectivity index is 4.64. The molecular weight excluding hydrogens is 216 g/mol. The van der Waals surface area contributed by atoms with Crippen LogP contribution in [0.25, 0.3) is 0 Å². The predicted octanol–water partition coefficient (Wildman–Crippen LogP) is 1.61. The van der Waals surface area contributed by atoms with Crippen molar-refractivity contribution in [2.24, 2.45) is 11.3 Å². The second-order valence-corrected chi connectivity index (χ2v) is 5.98. The van der Waals surface area contributed by atoms with E-state index in [0.29, 0.717) is 12.8 Å². The number of rotatable bonds is 4. The summed E-state index contributed by atoms with van der Waals surface area (Å²) in [7, 11) is 6.99. The highest BCUT2D eigenvalue weighted by atomic mass is 16.2. The maximum atomic E-state index is 12.1. The van der Waals surface area contributed by atoms with E-state index in [9.17, 15) is 9.59 Å². The average Bonchev–Trinajstić information content (AvgIpc) is 2.14. The third-order valence-corrected chi connectivity index (χ3v) is 2.93. The van der Waals surface area contributed by atoms with Crippen LogP contribution in [0.2, 0.25) is 0 Å². The molecule has 0 aromatic heterocycles. The third-order valence-electron chi connectivity index (χ3n) is 2.93. The molecule has 0 heterocycles. The standard InChI is InChI=1S/C13H26N2O2/c1-13(2,3)10(12(17)15(6)7)8-9-11(16)14(4)5/h10H,8-9H2,1-7H3. The van der Waals surface area contributed by atoms with Crippen LogP contribution in [-0.4, -0.2) is 49.8 Å². The molecule has 0 aliphatic heterocycles. The number of nitrogens with zero attached hydrogens (tertiary/aromatic N) is 2. The number of hydrogen-bond donors (Lipinski definition) is 0. The third kappa shape index (κ3) is 5.20. The van der Waals surface area contributed by atoms with Crippen LogP contribution < -0.4 is 0 Å². The Bertz CT molecular complexity index is 278. The van der Waals surface area contributed by atoms with Crippen LogP contribution in [0.5, 0.6) is 0 Å². The minimum atomic E-state index is -0.117. The van der Waals surface area contributed by atoms with Crippen molar-refractivity contribution in [1.82, 2.24) is 9.80 Å². The van der Waals surface area contributed by atoms with Crippen molar-refractivity contribution in [3.05, 3.63) is 0 Å². The fourth-order valence-electron chi connectivity index (χ4n) is 1.73. The molecule has 2 amide bonds. The van der Waals surface area contributed by atoms with Crippen LogP contribution in [-0.2, 0) is 9.59 Å². The highest BCUT2D eigenvalue weighted by Gasteiger charge is 2.32. The molecule has 1 unspecified atom stereocenters. The van der Waals surface area contributed by atoms with E-state index in [1.807, 2.05) is 20.8 Å². The molecule has 0 spiro atoms. The molecule has 0 aromatic carbocycles. The maximum absolute atomic E-state index is 12.1. The summed E-state index contributed by atoms with van der Waals surface area (Å²) < 4.78 is 0. The summed E-state index contributed by atoms with van der Waals surface area (Å²) >= 11 is 0. The van der Waals surface area contributed by atoms with Crippen LogP contribution in [0.3, 0.4) is 0 Å². The summed E-state index contributed by atoms with van der Waals surface area (Å²) in [5, 5.41) is 0. The van der Waals surface area contributed by atoms with E-state index in [1.165, 1.54) is 0 Å². The molecule has 0 bridgehead atoms. The Hall–Kier alpha value is -1.06. The van der Waals surface area contributed by atoms with Crippen LogP contribution in [0.15, 0.2) is 0 Å². The van der Waals surface area contributed by atoms with Gasteiger partial charge in [-0.2, -0.15) is 0 Å². The molecule has 0 saturated carbocycles.